The van der Waals surface area contributed by atoms with Gasteiger partial charge in [0, 0.05) is 18.9 Å². The Hall–Kier alpha value is -0.843. The first-order valence-electron chi connectivity index (χ1n) is 7.59. The van der Waals surface area contributed by atoms with Gasteiger partial charge in [0.15, 0.2) is 0 Å². The number of aromatic nitrogens is 2. The number of hydrogen-bond acceptors (Lipinski definition) is 2. The molecule has 0 amide bonds. The second-order valence-electron chi connectivity index (χ2n) is 6.40. The zero-order valence-corrected chi connectivity index (χ0v) is 15.2. The number of benzene rings is 1. The summed E-state index contributed by atoms with van der Waals surface area (Å²) in [5.74, 6) is 1.39. The van der Waals surface area contributed by atoms with E-state index in [0.717, 1.165) is 30.9 Å². The molecular weight excluding hydrogens is 300 g/mol. The van der Waals surface area contributed by atoms with Crippen LogP contribution >= 0.6 is 11.6 Å². The van der Waals surface area contributed by atoms with Crippen LogP contribution in [0.3, 0.4) is 0 Å². The minimum absolute atomic E-state index is 0.367. The molecule has 1 heterocycles. The normalized spacial score (nSPS) is 13.8. The molecule has 0 saturated carbocycles. The summed E-state index contributed by atoms with van der Waals surface area (Å²) in [6.45, 7) is 10.9. The van der Waals surface area contributed by atoms with E-state index in [1.54, 1.807) is 0 Å². The number of ether oxygens (including phenoxy) is 1. The lowest BCUT2D eigenvalue weighted by molar-refractivity contribution is 0.102. The number of hydrogen-bond donors (Lipinski definition) is 0. The Kier molecular flexibility index (Phi) is 5.46. The molecule has 1 unspecified atom stereocenters. The van der Waals surface area contributed by atoms with Gasteiger partial charge in [0.25, 0.3) is 0 Å². The van der Waals surface area contributed by atoms with E-state index in [2.05, 4.69) is 48.2 Å². The van der Waals surface area contributed by atoms with Crippen LogP contribution in [0.5, 0.6) is 0 Å². The molecule has 1 atom stereocenters. The summed E-state index contributed by atoms with van der Waals surface area (Å²) in [5, 5.41) is 0. The summed E-state index contributed by atoms with van der Waals surface area (Å²) in [4.78, 5) is 4.62. The molecule has 0 bridgehead atoms. The molecule has 0 aliphatic rings. The number of rotatable bonds is 7. The van der Waals surface area contributed by atoms with Gasteiger partial charge in [-0.25, -0.2) is 4.98 Å². The molecule has 2 aromatic rings. The van der Waals surface area contributed by atoms with E-state index in [9.17, 15) is 0 Å². The highest BCUT2D eigenvalue weighted by Crippen LogP contribution is 2.21. The number of alkyl halides is 1. The first-order chi connectivity index (χ1) is 9.97. The summed E-state index contributed by atoms with van der Waals surface area (Å²) in [5.41, 5.74) is 2.56. The second kappa shape index (κ2) is 6.94. The minimum atomic E-state index is -1.33. The Morgan fingerprint density at radius 3 is 2.62 bits per heavy atom. The highest BCUT2D eigenvalue weighted by molar-refractivity contribution is 6.77. The molecule has 2 rings (SSSR count). The molecule has 0 aliphatic carbocycles. The van der Waals surface area contributed by atoms with Crippen molar-refractivity contribution in [2.75, 3.05) is 6.61 Å². The number of para-hydroxylation sites is 2. The molecule has 0 fully saturated rings. The molecule has 5 heteroatoms. The summed E-state index contributed by atoms with van der Waals surface area (Å²) < 4.78 is 8.23. The topological polar surface area (TPSA) is 27.1 Å². The van der Waals surface area contributed by atoms with Gasteiger partial charge in [0.2, 0.25) is 0 Å². The first kappa shape index (κ1) is 16.5. The van der Waals surface area contributed by atoms with Gasteiger partial charge < -0.3 is 9.30 Å². The Morgan fingerprint density at radius 1 is 1.29 bits per heavy atom. The molecule has 0 aliphatic heterocycles. The fraction of sp³-hybridized carbons (Fsp3) is 0.562. The maximum atomic E-state index is 6.06. The lowest BCUT2D eigenvalue weighted by atomic mass is 10.3. The molecule has 3 nitrogen and oxygen atoms in total. The Labute approximate surface area is 133 Å². The Bertz CT molecular complexity index is 591. The third-order valence-electron chi connectivity index (χ3n) is 3.80. The maximum Gasteiger partial charge on any atom is 0.124 e. The van der Waals surface area contributed by atoms with E-state index >= 15 is 0 Å². The summed E-state index contributed by atoms with van der Waals surface area (Å²) in [6.07, 6.45) is 1.02. The van der Waals surface area contributed by atoms with E-state index in [0.29, 0.717) is 11.6 Å². The van der Waals surface area contributed by atoms with Crippen LogP contribution in [-0.2, 0) is 17.2 Å². The van der Waals surface area contributed by atoms with Crippen molar-refractivity contribution >= 4 is 30.7 Å². The SMILES string of the molecule is CCOC(CCn1c(CCl)nc2ccccc21)[Si](C)(C)C. The zero-order valence-electron chi connectivity index (χ0n) is 13.4. The summed E-state index contributed by atoms with van der Waals surface area (Å²) >= 11 is 6.06. The van der Waals surface area contributed by atoms with Crippen molar-refractivity contribution in [1.82, 2.24) is 9.55 Å². The quantitative estimate of drug-likeness (QED) is 0.556. The van der Waals surface area contributed by atoms with Gasteiger partial charge in [-0.1, -0.05) is 31.8 Å². The monoisotopic (exact) mass is 324 g/mol. The zero-order chi connectivity index (χ0) is 15.5. The average molecular weight is 325 g/mol. The van der Waals surface area contributed by atoms with Gasteiger partial charge in [0.05, 0.1) is 25.0 Å². The van der Waals surface area contributed by atoms with Crippen LogP contribution in [0.2, 0.25) is 19.6 Å². The predicted octanol–water partition coefficient (Wildman–Crippen LogP) is 4.45. The summed E-state index contributed by atoms with van der Waals surface area (Å²) in [7, 11) is -1.33. The number of aryl methyl sites for hydroxylation is 1. The molecule has 0 spiro atoms. The molecule has 1 aromatic carbocycles. The van der Waals surface area contributed by atoms with Crippen LogP contribution in [0, 0.1) is 0 Å². The fourth-order valence-corrected chi connectivity index (χ4v) is 4.56. The molecule has 116 valence electrons. The average Bonchev–Trinajstić information content (AvgIpc) is 2.80. The van der Waals surface area contributed by atoms with Gasteiger partial charge in [0.1, 0.15) is 5.82 Å². The molecule has 1 aromatic heterocycles. The van der Waals surface area contributed by atoms with E-state index in [-0.39, 0.29) is 0 Å². The minimum Gasteiger partial charge on any atom is -0.382 e. The standard InChI is InChI=1S/C16H25ClN2OSi/c1-5-20-16(21(2,3)4)10-11-19-14-9-7-6-8-13(14)18-15(19)12-17/h6-9,16H,5,10-12H2,1-4H3. The Morgan fingerprint density at radius 2 is 2.00 bits per heavy atom. The van der Waals surface area contributed by atoms with Crippen molar-refractivity contribution in [2.45, 2.75) is 51.1 Å². The van der Waals surface area contributed by atoms with Crippen LogP contribution in [0.1, 0.15) is 19.2 Å². The lowest BCUT2D eigenvalue weighted by Crippen LogP contribution is -2.41. The van der Waals surface area contributed by atoms with E-state index in [1.165, 1.54) is 5.52 Å². The van der Waals surface area contributed by atoms with Crippen LogP contribution in [0.25, 0.3) is 11.0 Å². The van der Waals surface area contributed by atoms with Gasteiger partial charge in [-0.15, -0.1) is 11.6 Å². The Balaban J connectivity index is 2.22. The fourth-order valence-electron chi connectivity index (χ4n) is 2.69. The van der Waals surface area contributed by atoms with Crippen molar-refractivity contribution in [1.29, 1.82) is 0 Å². The lowest BCUT2D eigenvalue weighted by Gasteiger charge is -2.29. The van der Waals surface area contributed by atoms with Crippen LogP contribution in [-0.4, -0.2) is 30.0 Å². The van der Waals surface area contributed by atoms with Crippen molar-refractivity contribution in [3.8, 4) is 0 Å². The number of fused-ring (bicyclic) bond motifs is 1. The van der Waals surface area contributed by atoms with E-state index in [1.807, 2.05) is 12.1 Å². The molecule has 21 heavy (non-hydrogen) atoms. The molecule has 0 saturated heterocycles. The third-order valence-corrected chi connectivity index (χ3v) is 6.43. The predicted molar refractivity (Wildman–Crippen MR) is 92.7 cm³/mol. The third kappa shape index (κ3) is 3.87. The number of imidazole rings is 1. The van der Waals surface area contributed by atoms with Crippen LogP contribution < -0.4 is 0 Å². The van der Waals surface area contributed by atoms with Crippen molar-refractivity contribution in [3.05, 3.63) is 30.1 Å². The smallest absolute Gasteiger partial charge is 0.124 e. The molecule has 0 N–H and O–H groups in total. The van der Waals surface area contributed by atoms with E-state index in [4.69, 9.17) is 16.3 Å². The number of halogens is 1. The highest BCUT2D eigenvalue weighted by Gasteiger charge is 2.27. The molecule has 0 radical (unpaired) electrons. The van der Waals surface area contributed by atoms with E-state index < -0.39 is 8.07 Å². The van der Waals surface area contributed by atoms with Crippen molar-refractivity contribution < 1.29 is 4.74 Å². The van der Waals surface area contributed by atoms with Crippen LogP contribution in [0.15, 0.2) is 24.3 Å². The molecular formula is C16H25ClN2OSi. The van der Waals surface area contributed by atoms with Crippen molar-refractivity contribution in [3.63, 3.8) is 0 Å². The number of nitrogens with zero attached hydrogens (tertiary/aromatic N) is 2. The second-order valence-corrected chi connectivity index (χ2v) is 12.0. The first-order valence-corrected chi connectivity index (χ1v) is 11.7. The van der Waals surface area contributed by atoms with Crippen LogP contribution in [0.4, 0.5) is 0 Å². The van der Waals surface area contributed by atoms with Gasteiger partial charge >= 0.3 is 0 Å². The van der Waals surface area contributed by atoms with Gasteiger partial charge in [-0.05, 0) is 25.5 Å². The van der Waals surface area contributed by atoms with Gasteiger partial charge in [-0.2, -0.15) is 0 Å². The van der Waals surface area contributed by atoms with Crippen molar-refractivity contribution in [2.24, 2.45) is 0 Å². The largest absolute Gasteiger partial charge is 0.382 e. The maximum absolute atomic E-state index is 6.06. The summed E-state index contributed by atoms with van der Waals surface area (Å²) in [6, 6.07) is 8.23. The van der Waals surface area contributed by atoms with Gasteiger partial charge in [-0.3, -0.25) is 0 Å². The highest BCUT2D eigenvalue weighted by atomic mass is 35.5.